The second-order valence-corrected chi connectivity index (χ2v) is 7.63. The summed E-state index contributed by atoms with van der Waals surface area (Å²) in [4.78, 5) is 9.29. The van der Waals surface area contributed by atoms with Crippen LogP contribution in [0.2, 0.25) is 0 Å². The Morgan fingerprint density at radius 1 is 0.842 bits per heavy atom. The van der Waals surface area contributed by atoms with Gasteiger partial charge in [-0.1, -0.05) is 52.0 Å². The van der Waals surface area contributed by atoms with Crippen LogP contribution in [0, 0.1) is 5.82 Å². The van der Waals surface area contributed by atoms with E-state index in [1.54, 1.807) is 20.3 Å². The molecule has 0 atom stereocenters. The van der Waals surface area contributed by atoms with Gasteiger partial charge < -0.3 is 19.5 Å². The first-order valence-corrected chi connectivity index (χ1v) is 12.7. The Morgan fingerprint density at radius 2 is 1.61 bits per heavy atom. The van der Waals surface area contributed by atoms with Crippen LogP contribution < -0.4 is 19.5 Å². The van der Waals surface area contributed by atoms with E-state index in [1.165, 1.54) is 6.07 Å². The number of rotatable bonds is 8. The number of hydrogen-bond donors (Lipinski definition) is 1. The SMILES string of the molecule is CC.CC.COc1ccc(CNc2nc3c(F)cccc3c3nc(COc4ccccc4)cn23)c(OC)c1. The van der Waals surface area contributed by atoms with Crippen LogP contribution in [-0.4, -0.2) is 28.6 Å². The molecular weight excluding hydrogens is 483 g/mol. The van der Waals surface area contributed by atoms with Gasteiger partial charge in [0.25, 0.3) is 0 Å². The highest BCUT2D eigenvalue weighted by atomic mass is 19.1. The number of para-hydroxylation sites is 2. The van der Waals surface area contributed by atoms with Crippen LogP contribution >= 0.6 is 0 Å². The molecule has 0 saturated heterocycles. The largest absolute Gasteiger partial charge is 0.497 e. The van der Waals surface area contributed by atoms with E-state index in [4.69, 9.17) is 19.2 Å². The predicted octanol–water partition coefficient (Wildman–Crippen LogP) is 7.28. The van der Waals surface area contributed by atoms with Crippen molar-refractivity contribution in [3.63, 3.8) is 0 Å². The number of anilines is 1. The van der Waals surface area contributed by atoms with Gasteiger partial charge in [0.1, 0.15) is 40.8 Å². The second-order valence-electron chi connectivity index (χ2n) is 7.63. The zero-order chi connectivity index (χ0) is 27.5. The number of nitrogens with one attached hydrogen (secondary N) is 1. The van der Waals surface area contributed by atoms with Gasteiger partial charge in [0.2, 0.25) is 5.95 Å². The Labute approximate surface area is 223 Å². The van der Waals surface area contributed by atoms with Crippen molar-refractivity contribution in [2.45, 2.75) is 40.8 Å². The van der Waals surface area contributed by atoms with Gasteiger partial charge in [-0.25, -0.2) is 14.4 Å². The molecule has 200 valence electrons. The van der Waals surface area contributed by atoms with Gasteiger partial charge in [0, 0.05) is 29.8 Å². The number of imidazole rings is 1. The molecule has 7 nitrogen and oxygen atoms in total. The lowest BCUT2D eigenvalue weighted by Gasteiger charge is -2.13. The molecule has 0 amide bonds. The Kier molecular flexibility index (Phi) is 10.3. The molecule has 2 aromatic heterocycles. The number of halogens is 1. The quantitative estimate of drug-likeness (QED) is 0.233. The van der Waals surface area contributed by atoms with E-state index in [-0.39, 0.29) is 12.1 Å². The first-order chi connectivity index (χ1) is 18.7. The summed E-state index contributed by atoms with van der Waals surface area (Å²) in [5, 5.41) is 3.93. The van der Waals surface area contributed by atoms with Crippen molar-refractivity contribution < 1.29 is 18.6 Å². The molecule has 0 bridgehead atoms. The van der Waals surface area contributed by atoms with Gasteiger partial charge in [-0.05, 0) is 36.4 Å². The van der Waals surface area contributed by atoms with Crippen LogP contribution in [0.25, 0.3) is 16.6 Å². The summed E-state index contributed by atoms with van der Waals surface area (Å²) in [6.45, 7) is 8.68. The molecule has 3 aromatic carbocycles. The van der Waals surface area contributed by atoms with Crippen molar-refractivity contribution in [1.29, 1.82) is 0 Å². The fourth-order valence-corrected chi connectivity index (χ4v) is 3.79. The summed E-state index contributed by atoms with van der Waals surface area (Å²) < 4.78 is 33.1. The number of fused-ring (bicyclic) bond motifs is 3. The third kappa shape index (κ3) is 6.32. The number of aromatic nitrogens is 3. The molecule has 8 heteroatoms. The Balaban J connectivity index is 0.000000956. The lowest BCUT2D eigenvalue weighted by atomic mass is 10.2. The summed E-state index contributed by atoms with van der Waals surface area (Å²) in [5.41, 5.74) is 2.45. The van der Waals surface area contributed by atoms with E-state index < -0.39 is 5.82 Å². The fraction of sp³-hybridized carbons (Fsp3) is 0.267. The topological polar surface area (TPSA) is 69.9 Å². The van der Waals surface area contributed by atoms with E-state index in [2.05, 4.69) is 10.3 Å². The summed E-state index contributed by atoms with van der Waals surface area (Å²) in [6.07, 6.45) is 1.85. The van der Waals surface area contributed by atoms with Crippen LogP contribution in [0.5, 0.6) is 17.2 Å². The molecule has 0 aliphatic carbocycles. The predicted molar refractivity (Wildman–Crippen MR) is 151 cm³/mol. The molecule has 0 spiro atoms. The molecule has 0 saturated carbocycles. The zero-order valence-corrected chi connectivity index (χ0v) is 22.8. The Hall–Kier alpha value is -4.33. The van der Waals surface area contributed by atoms with E-state index in [0.717, 1.165) is 11.3 Å². The first-order valence-electron chi connectivity index (χ1n) is 12.7. The van der Waals surface area contributed by atoms with Gasteiger partial charge in [-0.2, -0.15) is 0 Å². The minimum Gasteiger partial charge on any atom is -0.497 e. The maximum Gasteiger partial charge on any atom is 0.209 e. The third-order valence-electron chi connectivity index (χ3n) is 5.49. The van der Waals surface area contributed by atoms with Crippen molar-refractivity contribution in [3.05, 3.63) is 90.0 Å². The van der Waals surface area contributed by atoms with Gasteiger partial charge in [-0.3, -0.25) is 4.40 Å². The van der Waals surface area contributed by atoms with Crippen LogP contribution in [0.4, 0.5) is 10.3 Å². The molecule has 0 radical (unpaired) electrons. The van der Waals surface area contributed by atoms with Crippen LogP contribution in [-0.2, 0) is 13.2 Å². The smallest absolute Gasteiger partial charge is 0.209 e. The van der Waals surface area contributed by atoms with Crippen LogP contribution in [0.15, 0.2) is 72.9 Å². The molecule has 38 heavy (non-hydrogen) atoms. The average Bonchev–Trinajstić information content (AvgIpc) is 3.42. The van der Waals surface area contributed by atoms with E-state index in [9.17, 15) is 4.39 Å². The first kappa shape index (κ1) is 28.2. The number of methoxy groups -OCH3 is 2. The van der Waals surface area contributed by atoms with Crippen molar-refractivity contribution in [3.8, 4) is 17.2 Å². The van der Waals surface area contributed by atoms with Gasteiger partial charge in [-0.15, -0.1) is 0 Å². The maximum absolute atomic E-state index is 14.6. The minimum atomic E-state index is -0.407. The highest BCUT2D eigenvalue weighted by Crippen LogP contribution is 2.27. The normalized spacial score (nSPS) is 10.2. The van der Waals surface area contributed by atoms with E-state index in [1.807, 2.05) is 92.9 Å². The fourth-order valence-electron chi connectivity index (χ4n) is 3.79. The lowest BCUT2D eigenvalue weighted by Crippen LogP contribution is -2.08. The zero-order valence-electron chi connectivity index (χ0n) is 22.8. The van der Waals surface area contributed by atoms with Crippen molar-refractivity contribution in [1.82, 2.24) is 14.4 Å². The van der Waals surface area contributed by atoms with Gasteiger partial charge in [0.15, 0.2) is 0 Å². The molecule has 2 heterocycles. The summed E-state index contributed by atoms with van der Waals surface area (Å²) >= 11 is 0. The van der Waals surface area contributed by atoms with Crippen LogP contribution in [0.3, 0.4) is 0 Å². The number of nitrogens with zero attached hydrogens (tertiary/aromatic N) is 3. The Morgan fingerprint density at radius 3 is 2.32 bits per heavy atom. The summed E-state index contributed by atoms with van der Waals surface area (Å²) in [6, 6.07) is 20.0. The van der Waals surface area contributed by atoms with Gasteiger partial charge >= 0.3 is 0 Å². The molecule has 0 aliphatic rings. The number of ether oxygens (including phenoxy) is 3. The highest BCUT2D eigenvalue weighted by molar-refractivity contribution is 5.93. The third-order valence-corrected chi connectivity index (χ3v) is 5.49. The summed E-state index contributed by atoms with van der Waals surface area (Å²) in [7, 11) is 3.21. The van der Waals surface area contributed by atoms with E-state index >= 15 is 0 Å². The summed E-state index contributed by atoms with van der Waals surface area (Å²) in [5.74, 6) is 2.18. The molecule has 5 aromatic rings. The van der Waals surface area contributed by atoms with Crippen LogP contribution in [0.1, 0.15) is 39.0 Å². The van der Waals surface area contributed by atoms with Crippen molar-refractivity contribution in [2.75, 3.05) is 19.5 Å². The molecule has 0 aliphatic heterocycles. The van der Waals surface area contributed by atoms with Crippen molar-refractivity contribution >= 4 is 22.5 Å². The molecule has 5 rings (SSSR count). The molecule has 0 unspecified atom stereocenters. The monoisotopic (exact) mass is 518 g/mol. The Bertz CT molecular complexity index is 1450. The average molecular weight is 519 g/mol. The highest BCUT2D eigenvalue weighted by Gasteiger charge is 2.15. The molecule has 0 fully saturated rings. The lowest BCUT2D eigenvalue weighted by molar-refractivity contribution is 0.302. The molecule has 1 N–H and O–H groups in total. The maximum atomic E-state index is 14.6. The minimum absolute atomic E-state index is 0.250. The van der Waals surface area contributed by atoms with Crippen molar-refractivity contribution in [2.24, 2.45) is 0 Å². The second kappa shape index (κ2) is 13.8. The number of hydrogen-bond acceptors (Lipinski definition) is 6. The van der Waals surface area contributed by atoms with Gasteiger partial charge in [0.05, 0.1) is 19.9 Å². The van der Waals surface area contributed by atoms with E-state index in [0.29, 0.717) is 40.7 Å². The standard InChI is InChI=1S/C26H23FN4O3.2C2H6/c1-32-20-12-11-17(23(13-20)33-2)14-28-26-30-24-21(9-6-10-22(24)27)25-29-18(15-31(25)26)16-34-19-7-4-3-5-8-19;2*1-2/h3-13,15H,14,16H2,1-2H3,(H,28,30);2*1-2H3. The molecular formula is C30H35FN4O3. The number of benzene rings is 3.